The predicted molar refractivity (Wildman–Crippen MR) is 43.9 cm³/mol. The van der Waals surface area contributed by atoms with E-state index in [0.717, 1.165) is 6.07 Å². The number of benzene rings is 1. The molecule has 0 aliphatic rings. The van der Waals surface area contributed by atoms with E-state index in [9.17, 15) is 4.39 Å². The van der Waals surface area contributed by atoms with Crippen LogP contribution in [0, 0.1) is 5.82 Å². The maximum Gasteiger partial charge on any atom is 0.170 e. The van der Waals surface area contributed by atoms with Crippen molar-refractivity contribution in [1.82, 2.24) is 0 Å². The van der Waals surface area contributed by atoms with Gasteiger partial charge in [0.15, 0.2) is 11.6 Å². The fourth-order valence-electron chi connectivity index (χ4n) is 0.891. The predicted octanol–water partition coefficient (Wildman–Crippen LogP) is 1.72. The molecule has 0 bridgehead atoms. The smallest absolute Gasteiger partial charge is 0.170 e. The minimum absolute atomic E-state index is 0.0292. The summed E-state index contributed by atoms with van der Waals surface area (Å²) >= 11 is 5.48. The summed E-state index contributed by atoms with van der Waals surface area (Å²) in [5, 5.41) is 17.4. The molecule has 0 spiro atoms. The summed E-state index contributed by atoms with van der Waals surface area (Å²) in [4.78, 5) is 0. The molecule has 0 saturated carbocycles. The second-order valence-corrected chi connectivity index (χ2v) is 2.79. The lowest BCUT2D eigenvalue weighted by Gasteiger charge is -2.02. The number of hydrogen-bond donors (Lipinski definition) is 2. The first-order chi connectivity index (χ1) is 5.65. The third-order valence-corrected chi connectivity index (χ3v) is 1.77. The number of aliphatic hydroxyl groups is 1. The topological polar surface area (TPSA) is 40.5 Å². The molecular weight excluding hydrogens is 183 g/mol. The van der Waals surface area contributed by atoms with Gasteiger partial charge in [0.1, 0.15) is 0 Å². The SMILES string of the molecule is OCCc1cc(F)c(O)c(Cl)c1. The van der Waals surface area contributed by atoms with Crippen molar-refractivity contribution in [2.75, 3.05) is 6.61 Å². The van der Waals surface area contributed by atoms with Crippen LogP contribution in [0.1, 0.15) is 5.56 Å². The number of phenolic OH excluding ortho intramolecular Hbond substituents is 1. The largest absolute Gasteiger partial charge is 0.504 e. The molecule has 0 aliphatic carbocycles. The normalized spacial score (nSPS) is 10.2. The van der Waals surface area contributed by atoms with Crippen LogP contribution in [0.4, 0.5) is 4.39 Å². The second kappa shape index (κ2) is 3.74. The molecule has 1 rings (SSSR count). The van der Waals surface area contributed by atoms with E-state index in [1.54, 1.807) is 0 Å². The van der Waals surface area contributed by atoms with E-state index in [2.05, 4.69) is 0 Å². The van der Waals surface area contributed by atoms with Crippen LogP contribution in [0.5, 0.6) is 5.75 Å². The van der Waals surface area contributed by atoms with Crippen molar-refractivity contribution in [3.05, 3.63) is 28.5 Å². The molecule has 66 valence electrons. The Morgan fingerprint density at radius 3 is 2.58 bits per heavy atom. The Labute approximate surface area is 74.2 Å². The van der Waals surface area contributed by atoms with Crippen molar-refractivity contribution in [2.24, 2.45) is 0 Å². The van der Waals surface area contributed by atoms with Gasteiger partial charge in [0, 0.05) is 6.61 Å². The van der Waals surface area contributed by atoms with Crippen LogP contribution >= 0.6 is 11.6 Å². The fourth-order valence-corrected chi connectivity index (χ4v) is 1.12. The number of aliphatic hydroxyl groups excluding tert-OH is 1. The van der Waals surface area contributed by atoms with Gasteiger partial charge in [0.2, 0.25) is 0 Å². The Hall–Kier alpha value is -0.800. The third kappa shape index (κ3) is 1.87. The van der Waals surface area contributed by atoms with E-state index in [0.29, 0.717) is 12.0 Å². The number of aromatic hydroxyl groups is 1. The maximum atomic E-state index is 12.7. The van der Waals surface area contributed by atoms with Crippen LogP contribution < -0.4 is 0 Å². The van der Waals surface area contributed by atoms with Gasteiger partial charge in [0.25, 0.3) is 0 Å². The van der Waals surface area contributed by atoms with Gasteiger partial charge in [-0.1, -0.05) is 11.6 Å². The number of phenols is 1. The summed E-state index contributed by atoms with van der Waals surface area (Å²) in [6.07, 6.45) is 0.330. The highest BCUT2D eigenvalue weighted by Gasteiger charge is 2.07. The summed E-state index contributed by atoms with van der Waals surface area (Å²) < 4.78 is 12.7. The average molecular weight is 191 g/mol. The van der Waals surface area contributed by atoms with Crippen LogP contribution in [0.2, 0.25) is 5.02 Å². The summed E-state index contributed by atoms with van der Waals surface area (Å²) in [6, 6.07) is 2.58. The van der Waals surface area contributed by atoms with Gasteiger partial charge in [-0.3, -0.25) is 0 Å². The second-order valence-electron chi connectivity index (χ2n) is 2.38. The molecular formula is C8H8ClFO2. The Bertz CT molecular complexity index is 265. The minimum atomic E-state index is -0.758. The van der Waals surface area contributed by atoms with E-state index < -0.39 is 11.6 Å². The maximum absolute atomic E-state index is 12.7. The highest BCUT2D eigenvalue weighted by Crippen LogP contribution is 2.27. The van der Waals surface area contributed by atoms with Crippen LogP contribution in [0.15, 0.2) is 12.1 Å². The van der Waals surface area contributed by atoms with Crippen molar-refractivity contribution in [3.63, 3.8) is 0 Å². The first-order valence-corrected chi connectivity index (χ1v) is 3.80. The zero-order chi connectivity index (χ0) is 9.14. The summed E-state index contributed by atoms with van der Waals surface area (Å²) in [5.74, 6) is -1.30. The molecule has 0 aromatic heterocycles. The quantitative estimate of drug-likeness (QED) is 0.746. The van der Waals surface area contributed by atoms with Crippen molar-refractivity contribution in [2.45, 2.75) is 6.42 Å². The lowest BCUT2D eigenvalue weighted by atomic mass is 10.1. The number of hydrogen-bond acceptors (Lipinski definition) is 2. The molecule has 0 fully saturated rings. The molecule has 0 heterocycles. The van der Waals surface area contributed by atoms with Crippen LogP contribution in [-0.2, 0) is 6.42 Å². The zero-order valence-electron chi connectivity index (χ0n) is 6.22. The van der Waals surface area contributed by atoms with Crippen LogP contribution in [-0.4, -0.2) is 16.8 Å². The molecule has 0 radical (unpaired) electrons. The standard InChI is InChI=1S/C8H8ClFO2/c9-6-3-5(1-2-11)4-7(10)8(6)12/h3-4,11-12H,1-2H2. The number of rotatable bonds is 2. The zero-order valence-corrected chi connectivity index (χ0v) is 6.98. The molecule has 0 atom stereocenters. The molecule has 0 aliphatic heterocycles. The average Bonchev–Trinajstić information content (AvgIpc) is 2.01. The van der Waals surface area contributed by atoms with E-state index in [1.165, 1.54) is 6.07 Å². The fraction of sp³-hybridized carbons (Fsp3) is 0.250. The highest BCUT2D eigenvalue weighted by atomic mass is 35.5. The van der Waals surface area contributed by atoms with Gasteiger partial charge in [-0.2, -0.15) is 0 Å². The van der Waals surface area contributed by atoms with Crippen LogP contribution in [0.3, 0.4) is 0 Å². The monoisotopic (exact) mass is 190 g/mol. The molecule has 12 heavy (non-hydrogen) atoms. The highest BCUT2D eigenvalue weighted by molar-refractivity contribution is 6.32. The van der Waals surface area contributed by atoms with Crippen molar-refractivity contribution in [1.29, 1.82) is 0 Å². The molecule has 4 heteroatoms. The summed E-state index contributed by atoms with van der Waals surface area (Å²) in [5.41, 5.74) is 0.567. The molecule has 1 aromatic carbocycles. The first-order valence-electron chi connectivity index (χ1n) is 3.43. The Kier molecular flexibility index (Phi) is 2.89. The van der Waals surface area contributed by atoms with Gasteiger partial charge in [-0.25, -0.2) is 4.39 Å². The lowest BCUT2D eigenvalue weighted by Crippen LogP contribution is -1.91. The minimum Gasteiger partial charge on any atom is -0.504 e. The molecule has 0 saturated heterocycles. The Morgan fingerprint density at radius 1 is 1.42 bits per heavy atom. The summed E-state index contributed by atoms with van der Waals surface area (Å²) in [7, 11) is 0. The molecule has 0 unspecified atom stereocenters. The third-order valence-electron chi connectivity index (χ3n) is 1.48. The van der Waals surface area contributed by atoms with Crippen molar-refractivity contribution >= 4 is 11.6 Å². The molecule has 2 N–H and O–H groups in total. The summed E-state index contributed by atoms with van der Waals surface area (Å²) in [6.45, 7) is -0.0689. The van der Waals surface area contributed by atoms with Gasteiger partial charge < -0.3 is 10.2 Å². The van der Waals surface area contributed by atoms with E-state index in [1.807, 2.05) is 0 Å². The van der Waals surface area contributed by atoms with Crippen molar-refractivity contribution < 1.29 is 14.6 Å². The van der Waals surface area contributed by atoms with Gasteiger partial charge in [-0.15, -0.1) is 0 Å². The van der Waals surface area contributed by atoms with Gasteiger partial charge >= 0.3 is 0 Å². The molecule has 2 nitrogen and oxygen atoms in total. The van der Waals surface area contributed by atoms with Crippen LogP contribution in [0.25, 0.3) is 0 Å². The molecule has 1 aromatic rings. The first kappa shape index (κ1) is 9.29. The van der Waals surface area contributed by atoms with Crippen molar-refractivity contribution in [3.8, 4) is 5.75 Å². The van der Waals surface area contributed by atoms with E-state index >= 15 is 0 Å². The van der Waals surface area contributed by atoms with Gasteiger partial charge in [0.05, 0.1) is 5.02 Å². The van der Waals surface area contributed by atoms with E-state index in [-0.39, 0.29) is 11.6 Å². The van der Waals surface area contributed by atoms with Gasteiger partial charge in [-0.05, 0) is 24.1 Å². The Balaban J connectivity index is 3.04. The molecule has 0 amide bonds. The number of halogens is 2. The van der Waals surface area contributed by atoms with E-state index in [4.69, 9.17) is 21.8 Å². The lowest BCUT2D eigenvalue weighted by molar-refractivity contribution is 0.299. The Morgan fingerprint density at radius 2 is 2.08 bits per heavy atom.